The van der Waals surface area contributed by atoms with E-state index in [1.165, 1.54) is 9.08 Å². The topological polar surface area (TPSA) is 72.5 Å². The summed E-state index contributed by atoms with van der Waals surface area (Å²) in [5.41, 5.74) is 2.76. The summed E-state index contributed by atoms with van der Waals surface area (Å²) in [7, 11) is 1.70. The van der Waals surface area contributed by atoms with Crippen LogP contribution in [0.15, 0.2) is 59.5 Å². The maximum absolute atomic E-state index is 13.0. The smallest absolute Gasteiger partial charge is 0.277 e. The van der Waals surface area contributed by atoms with Gasteiger partial charge in [0.25, 0.3) is 5.56 Å². The highest BCUT2D eigenvalue weighted by Gasteiger charge is 2.18. The van der Waals surface area contributed by atoms with Crippen LogP contribution in [-0.2, 0) is 11.3 Å². The Labute approximate surface area is 149 Å². The van der Waals surface area contributed by atoms with Crippen LogP contribution in [-0.4, -0.2) is 32.1 Å². The van der Waals surface area contributed by atoms with Crippen LogP contribution in [0.5, 0.6) is 0 Å². The minimum absolute atomic E-state index is 0.0762. The number of benzene rings is 1. The van der Waals surface area contributed by atoms with E-state index in [1.807, 2.05) is 37.3 Å². The molecule has 7 heteroatoms. The zero-order valence-electron chi connectivity index (χ0n) is 14.5. The van der Waals surface area contributed by atoms with Crippen molar-refractivity contribution in [3.63, 3.8) is 0 Å². The minimum Gasteiger partial charge on any atom is -0.314 e. The van der Waals surface area contributed by atoms with Crippen LogP contribution in [0.2, 0.25) is 0 Å². The van der Waals surface area contributed by atoms with E-state index in [4.69, 9.17) is 0 Å². The van der Waals surface area contributed by atoms with Crippen LogP contribution in [0.3, 0.4) is 0 Å². The van der Waals surface area contributed by atoms with E-state index >= 15 is 0 Å². The second-order valence-electron chi connectivity index (χ2n) is 6.11. The molecule has 0 aliphatic carbocycles. The third-order valence-corrected chi connectivity index (χ3v) is 4.36. The number of anilines is 1. The molecule has 0 aliphatic rings. The molecule has 0 unspecified atom stereocenters. The molecule has 0 radical (unpaired) electrons. The Kier molecular flexibility index (Phi) is 3.76. The van der Waals surface area contributed by atoms with Crippen LogP contribution in [0, 0.1) is 6.92 Å². The molecule has 4 rings (SSSR count). The van der Waals surface area contributed by atoms with Gasteiger partial charge in [0.15, 0.2) is 5.65 Å². The van der Waals surface area contributed by atoms with Gasteiger partial charge in [-0.3, -0.25) is 14.2 Å². The number of likely N-dealkylation sites (N-methyl/N-ethyl adjacent to an activating group) is 1. The molecule has 1 aromatic carbocycles. The van der Waals surface area contributed by atoms with Gasteiger partial charge in [0.05, 0.1) is 11.2 Å². The van der Waals surface area contributed by atoms with E-state index in [-0.39, 0.29) is 18.0 Å². The monoisotopic (exact) mass is 347 g/mol. The van der Waals surface area contributed by atoms with Gasteiger partial charge in [-0.05, 0) is 37.3 Å². The van der Waals surface area contributed by atoms with Crippen LogP contribution < -0.4 is 10.5 Å². The summed E-state index contributed by atoms with van der Waals surface area (Å²) in [6.45, 7) is 1.74. The summed E-state index contributed by atoms with van der Waals surface area (Å²) in [5, 5.41) is 4.35. The molecule has 0 atom stereocenters. The van der Waals surface area contributed by atoms with Crippen molar-refractivity contribution in [3.8, 4) is 0 Å². The number of carbonyl (C=O) groups is 1. The van der Waals surface area contributed by atoms with Crippen molar-refractivity contribution < 1.29 is 4.79 Å². The molecule has 0 bridgehead atoms. The zero-order valence-corrected chi connectivity index (χ0v) is 14.5. The van der Waals surface area contributed by atoms with Gasteiger partial charge in [0.1, 0.15) is 12.1 Å². The van der Waals surface area contributed by atoms with Crippen molar-refractivity contribution in [1.82, 2.24) is 19.2 Å². The number of fused-ring (bicyclic) bond motifs is 3. The third kappa shape index (κ3) is 2.54. The third-order valence-electron chi connectivity index (χ3n) is 4.36. The van der Waals surface area contributed by atoms with Gasteiger partial charge in [-0.1, -0.05) is 18.2 Å². The molecule has 130 valence electrons. The summed E-state index contributed by atoms with van der Waals surface area (Å²) in [4.78, 5) is 31.6. The molecule has 4 aromatic rings. The predicted octanol–water partition coefficient (Wildman–Crippen LogP) is 2.02. The highest BCUT2D eigenvalue weighted by atomic mass is 16.2. The number of amides is 1. The quantitative estimate of drug-likeness (QED) is 0.568. The van der Waals surface area contributed by atoms with E-state index < -0.39 is 0 Å². The predicted molar refractivity (Wildman–Crippen MR) is 99.3 cm³/mol. The fraction of sp³-hybridized carbons (Fsp3) is 0.158. The fourth-order valence-electron chi connectivity index (χ4n) is 3.02. The Bertz CT molecular complexity index is 1180. The van der Waals surface area contributed by atoms with Crippen LogP contribution in [0.25, 0.3) is 16.7 Å². The van der Waals surface area contributed by atoms with Crippen molar-refractivity contribution >= 4 is 28.3 Å². The minimum atomic E-state index is -0.263. The number of hydrogen-bond donors (Lipinski definition) is 0. The number of aromatic nitrogens is 4. The molecule has 0 saturated carbocycles. The highest BCUT2D eigenvalue weighted by molar-refractivity contribution is 5.93. The second-order valence-corrected chi connectivity index (χ2v) is 6.11. The maximum Gasteiger partial charge on any atom is 0.277 e. The molecular weight excluding hydrogens is 330 g/mol. The van der Waals surface area contributed by atoms with Crippen molar-refractivity contribution in [2.45, 2.75) is 13.5 Å². The number of hydrogen-bond acceptors (Lipinski definition) is 4. The van der Waals surface area contributed by atoms with E-state index in [2.05, 4.69) is 10.1 Å². The molecule has 0 spiro atoms. The van der Waals surface area contributed by atoms with Crippen molar-refractivity contribution in [1.29, 1.82) is 0 Å². The largest absolute Gasteiger partial charge is 0.314 e. The lowest BCUT2D eigenvalue weighted by molar-refractivity contribution is -0.118. The first-order chi connectivity index (χ1) is 12.6. The zero-order chi connectivity index (χ0) is 18.3. The molecule has 0 fully saturated rings. The first kappa shape index (κ1) is 16.0. The van der Waals surface area contributed by atoms with E-state index in [0.717, 1.165) is 11.4 Å². The molecule has 0 N–H and O–H groups in total. The van der Waals surface area contributed by atoms with Gasteiger partial charge in [0, 0.05) is 18.9 Å². The number of pyridine rings is 1. The molecule has 7 nitrogen and oxygen atoms in total. The first-order valence-corrected chi connectivity index (χ1v) is 8.22. The maximum atomic E-state index is 13.0. The Balaban J connectivity index is 1.84. The van der Waals surface area contributed by atoms with Crippen molar-refractivity contribution in [3.05, 3.63) is 70.8 Å². The number of rotatable bonds is 3. The van der Waals surface area contributed by atoms with E-state index in [1.54, 1.807) is 36.3 Å². The Morgan fingerprint density at radius 2 is 1.88 bits per heavy atom. The van der Waals surface area contributed by atoms with E-state index in [9.17, 15) is 9.59 Å². The average Bonchev–Trinajstić information content (AvgIpc) is 3.07. The van der Waals surface area contributed by atoms with Crippen molar-refractivity contribution in [2.75, 3.05) is 11.9 Å². The number of nitrogens with zero attached hydrogens (tertiary/aromatic N) is 5. The molecule has 3 aromatic heterocycles. The molecule has 0 aliphatic heterocycles. The Morgan fingerprint density at radius 3 is 2.65 bits per heavy atom. The van der Waals surface area contributed by atoms with Gasteiger partial charge in [0.2, 0.25) is 5.91 Å². The molecule has 1 amide bonds. The summed E-state index contributed by atoms with van der Waals surface area (Å²) >= 11 is 0. The van der Waals surface area contributed by atoms with E-state index in [0.29, 0.717) is 16.7 Å². The SMILES string of the molecule is Cc1cc2c(=O)n(CC(=O)N(C)c3ccccc3)c3cccnc3n2n1. The number of para-hydroxylation sites is 1. The second kappa shape index (κ2) is 6.11. The van der Waals surface area contributed by atoms with Crippen LogP contribution >= 0.6 is 0 Å². The van der Waals surface area contributed by atoms with Gasteiger partial charge in [-0.2, -0.15) is 5.10 Å². The number of aryl methyl sites for hydroxylation is 1. The summed E-state index contributed by atoms with van der Waals surface area (Å²) < 4.78 is 3.00. The highest BCUT2D eigenvalue weighted by Crippen LogP contribution is 2.15. The van der Waals surface area contributed by atoms with Crippen molar-refractivity contribution in [2.24, 2.45) is 0 Å². The van der Waals surface area contributed by atoms with Gasteiger partial charge < -0.3 is 4.90 Å². The fourth-order valence-corrected chi connectivity index (χ4v) is 3.02. The lowest BCUT2D eigenvalue weighted by Gasteiger charge is -2.18. The average molecular weight is 347 g/mol. The summed E-state index contributed by atoms with van der Waals surface area (Å²) in [5.74, 6) is -0.191. The Morgan fingerprint density at radius 1 is 1.12 bits per heavy atom. The molecule has 26 heavy (non-hydrogen) atoms. The lowest BCUT2D eigenvalue weighted by atomic mass is 10.3. The van der Waals surface area contributed by atoms with Gasteiger partial charge in [-0.25, -0.2) is 9.50 Å². The summed E-state index contributed by atoms with van der Waals surface area (Å²) in [6, 6.07) is 14.5. The van der Waals surface area contributed by atoms with Crippen LogP contribution in [0.4, 0.5) is 5.69 Å². The van der Waals surface area contributed by atoms with Crippen LogP contribution in [0.1, 0.15) is 5.69 Å². The number of carbonyl (C=O) groups excluding carboxylic acids is 1. The lowest BCUT2D eigenvalue weighted by Crippen LogP contribution is -2.34. The van der Waals surface area contributed by atoms with Gasteiger partial charge >= 0.3 is 0 Å². The molecule has 3 heterocycles. The normalized spacial score (nSPS) is 11.2. The first-order valence-electron chi connectivity index (χ1n) is 8.22. The summed E-state index contributed by atoms with van der Waals surface area (Å²) in [6.07, 6.45) is 1.64. The van der Waals surface area contributed by atoms with Gasteiger partial charge in [-0.15, -0.1) is 0 Å². The Hall–Kier alpha value is -3.48. The standard InChI is InChI=1S/C19H17N5O2/c1-13-11-16-19(26)23(15-9-6-10-20-18(15)24(16)21-13)12-17(25)22(2)14-7-4-3-5-8-14/h3-11H,12H2,1-2H3. The molecular formula is C19H17N5O2. The molecule has 0 saturated heterocycles.